The highest BCUT2D eigenvalue weighted by Gasteiger charge is 2.24. The first-order chi connectivity index (χ1) is 13.6. The van der Waals surface area contributed by atoms with Crippen molar-refractivity contribution in [2.45, 2.75) is 0 Å². The van der Waals surface area contributed by atoms with Crippen LogP contribution in [0.3, 0.4) is 0 Å². The number of benzene rings is 2. The molecule has 4 rings (SSSR count). The van der Waals surface area contributed by atoms with Crippen LogP contribution in [0, 0.1) is 0 Å². The summed E-state index contributed by atoms with van der Waals surface area (Å²) in [6, 6.07) is 18.1. The molecule has 3 aromatic rings. The Morgan fingerprint density at radius 3 is 2.32 bits per heavy atom. The molecule has 7 heteroatoms. The Bertz CT molecular complexity index is 985. The minimum Gasteiger partial charge on any atom is -0.507 e. The number of nitrogens with zero attached hydrogens (tertiary/aromatic N) is 4. The fraction of sp³-hybridized carbons (Fsp3) is 0.190. The third kappa shape index (κ3) is 3.46. The Morgan fingerprint density at radius 1 is 0.929 bits per heavy atom. The van der Waals surface area contributed by atoms with Crippen molar-refractivity contribution in [2.24, 2.45) is 0 Å². The lowest BCUT2D eigenvalue weighted by molar-refractivity contribution is 0.0747. The molecule has 0 radical (unpaired) electrons. The van der Waals surface area contributed by atoms with Gasteiger partial charge in [-0.15, -0.1) is 10.2 Å². The fourth-order valence-corrected chi connectivity index (χ4v) is 3.38. The molecule has 0 spiro atoms. The number of nitrogens with two attached hydrogens (primary N) is 1. The second-order valence-corrected chi connectivity index (χ2v) is 6.66. The molecule has 0 aliphatic carbocycles. The molecule has 1 aliphatic heterocycles. The van der Waals surface area contributed by atoms with E-state index in [2.05, 4.69) is 15.1 Å². The van der Waals surface area contributed by atoms with Gasteiger partial charge in [-0.3, -0.25) is 4.79 Å². The van der Waals surface area contributed by atoms with Crippen LogP contribution in [0.2, 0.25) is 0 Å². The predicted octanol–water partition coefficient (Wildman–Crippen LogP) is 2.39. The third-order valence-electron chi connectivity index (χ3n) is 4.91. The van der Waals surface area contributed by atoms with E-state index in [1.54, 1.807) is 18.2 Å². The van der Waals surface area contributed by atoms with Crippen molar-refractivity contribution in [3.63, 3.8) is 0 Å². The number of amides is 1. The van der Waals surface area contributed by atoms with Crippen molar-refractivity contribution in [1.82, 2.24) is 15.1 Å². The van der Waals surface area contributed by atoms with Crippen molar-refractivity contribution >= 4 is 17.4 Å². The maximum atomic E-state index is 12.6. The molecule has 0 atom stereocenters. The van der Waals surface area contributed by atoms with E-state index in [9.17, 15) is 9.90 Å². The Morgan fingerprint density at radius 2 is 1.61 bits per heavy atom. The average molecular weight is 375 g/mol. The maximum Gasteiger partial charge on any atom is 0.253 e. The fourth-order valence-electron chi connectivity index (χ4n) is 3.38. The normalized spacial score (nSPS) is 14.1. The lowest BCUT2D eigenvalue weighted by Crippen LogP contribution is -2.49. The molecule has 3 N–H and O–H groups in total. The van der Waals surface area contributed by atoms with Crippen LogP contribution in [0.15, 0.2) is 60.7 Å². The number of hydrogen-bond acceptors (Lipinski definition) is 6. The summed E-state index contributed by atoms with van der Waals surface area (Å²) in [6.45, 7) is 2.49. The van der Waals surface area contributed by atoms with Crippen molar-refractivity contribution in [3.8, 4) is 17.0 Å². The molecule has 1 fully saturated rings. The van der Waals surface area contributed by atoms with E-state index < -0.39 is 0 Å². The van der Waals surface area contributed by atoms with E-state index in [1.165, 1.54) is 0 Å². The van der Waals surface area contributed by atoms with Crippen molar-refractivity contribution < 1.29 is 9.90 Å². The van der Waals surface area contributed by atoms with Gasteiger partial charge in [-0.2, -0.15) is 0 Å². The minimum absolute atomic E-state index is 0.0379. The number of aromatic hydroxyl groups is 1. The average Bonchev–Trinajstić information content (AvgIpc) is 2.75. The summed E-state index contributed by atoms with van der Waals surface area (Å²) in [7, 11) is 0. The summed E-state index contributed by atoms with van der Waals surface area (Å²) in [4.78, 5) is 16.6. The Kier molecular flexibility index (Phi) is 4.80. The van der Waals surface area contributed by atoms with Crippen LogP contribution in [-0.4, -0.2) is 52.3 Å². The summed E-state index contributed by atoms with van der Waals surface area (Å²) in [5, 5.41) is 18.3. The van der Waals surface area contributed by atoms with Crippen LogP contribution in [0.4, 0.5) is 11.5 Å². The molecular formula is C21H21N5O2. The molecular weight excluding hydrogens is 354 g/mol. The van der Waals surface area contributed by atoms with Gasteiger partial charge >= 0.3 is 0 Å². The van der Waals surface area contributed by atoms with Crippen LogP contribution < -0.4 is 10.6 Å². The molecule has 2 heterocycles. The van der Waals surface area contributed by atoms with Gasteiger partial charge < -0.3 is 20.6 Å². The zero-order valence-corrected chi connectivity index (χ0v) is 15.3. The number of piperazine rings is 1. The number of phenolic OH excluding ortho intramolecular Hbond substituents is 1. The van der Waals surface area contributed by atoms with Gasteiger partial charge in [0.05, 0.1) is 11.4 Å². The van der Waals surface area contributed by atoms with Gasteiger partial charge in [0, 0.05) is 37.3 Å². The maximum absolute atomic E-state index is 12.6. The van der Waals surface area contributed by atoms with Gasteiger partial charge in [-0.05, 0) is 30.3 Å². The van der Waals surface area contributed by atoms with Crippen LogP contribution >= 0.6 is 0 Å². The zero-order valence-electron chi connectivity index (χ0n) is 15.3. The monoisotopic (exact) mass is 375 g/mol. The molecule has 1 aliphatic rings. The third-order valence-corrected chi connectivity index (χ3v) is 4.91. The largest absolute Gasteiger partial charge is 0.507 e. The van der Waals surface area contributed by atoms with Gasteiger partial charge in [-0.25, -0.2) is 0 Å². The van der Waals surface area contributed by atoms with Gasteiger partial charge in [-0.1, -0.05) is 30.3 Å². The van der Waals surface area contributed by atoms with E-state index in [-0.39, 0.29) is 11.7 Å². The van der Waals surface area contributed by atoms with Crippen LogP contribution in [-0.2, 0) is 0 Å². The standard InChI is InChI=1S/C21H21N5O2/c22-20-18(14-17(23-24-20)16-8-4-5-9-19(16)27)25-10-12-26(13-11-25)21(28)15-6-2-1-3-7-15/h1-9,14,27H,10-13H2,(H2,22,24). The number of carbonyl (C=O) groups excluding carboxylic acids is 1. The second-order valence-electron chi connectivity index (χ2n) is 6.66. The highest BCUT2D eigenvalue weighted by atomic mass is 16.3. The number of phenols is 1. The number of rotatable bonds is 3. The molecule has 1 aromatic heterocycles. The highest BCUT2D eigenvalue weighted by molar-refractivity contribution is 5.94. The van der Waals surface area contributed by atoms with Gasteiger partial charge in [0.2, 0.25) is 0 Å². The number of para-hydroxylation sites is 1. The topological polar surface area (TPSA) is 95.6 Å². The predicted molar refractivity (Wildman–Crippen MR) is 108 cm³/mol. The number of hydrogen-bond donors (Lipinski definition) is 2. The smallest absolute Gasteiger partial charge is 0.253 e. The first-order valence-corrected chi connectivity index (χ1v) is 9.14. The lowest BCUT2D eigenvalue weighted by atomic mass is 10.1. The quantitative estimate of drug-likeness (QED) is 0.730. The molecule has 0 bridgehead atoms. The molecule has 1 saturated heterocycles. The molecule has 1 amide bonds. The number of aromatic nitrogens is 2. The van der Waals surface area contributed by atoms with E-state index in [0.717, 1.165) is 5.69 Å². The van der Waals surface area contributed by atoms with Gasteiger partial charge in [0.15, 0.2) is 5.82 Å². The number of anilines is 2. The van der Waals surface area contributed by atoms with Crippen molar-refractivity contribution in [3.05, 3.63) is 66.2 Å². The van der Waals surface area contributed by atoms with Crippen LogP contribution in [0.5, 0.6) is 5.75 Å². The Balaban J connectivity index is 1.51. The summed E-state index contributed by atoms with van der Waals surface area (Å²) in [6.07, 6.45) is 0. The minimum atomic E-state index is 0.0379. The summed E-state index contributed by atoms with van der Waals surface area (Å²) in [5.41, 5.74) is 8.69. The SMILES string of the molecule is Nc1nnc(-c2ccccc2O)cc1N1CCN(C(=O)c2ccccc2)CC1. The lowest BCUT2D eigenvalue weighted by Gasteiger charge is -2.36. The van der Waals surface area contributed by atoms with E-state index in [1.807, 2.05) is 47.4 Å². The van der Waals surface area contributed by atoms with Crippen LogP contribution in [0.1, 0.15) is 10.4 Å². The first-order valence-electron chi connectivity index (χ1n) is 9.14. The number of nitrogen functional groups attached to an aromatic ring is 1. The van der Waals surface area contributed by atoms with Crippen LogP contribution in [0.25, 0.3) is 11.3 Å². The molecule has 28 heavy (non-hydrogen) atoms. The Labute approximate surface area is 163 Å². The molecule has 2 aromatic carbocycles. The molecule has 0 saturated carbocycles. The molecule has 0 unspecified atom stereocenters. The van der Waals surface area contributed by atoms with Gasteiger partial charge in [0.1, 0.15) is 5.75 Å². The molecule has 142 valence electrons. The van der Waals surface area contributed by atoms with E-state index >= 15 is 0 Å². The highest BCUT2D eigenvalue weighted by Crippen LogP contribution is 2.31. The number of carbonyl (C=O) groups is 1. The first kappa shape index (κ1) is 17.8. The van der Waals surface area contributed by atoms with Gasteiger partial charge in [0.25, 0.3) is 5.91 Å². The Hall–Kier alpha value is -3.61. The van der Waals surface area contributed by atoms with E-state index in [4.69, 9.17) is 5.73 Å². The van der Waals surface area contributed by atoms with Crippen molar-refractivity contribution in [2.75, 3.05) is 36.8 Å². The summed E-state index contributed by atoms with van der Waals surface area (Å²) < 4.78 is 0. The summed E-state index contributed by atoms with van der Waals surface area (Å²) >= 11 is 0. The van der Waals surface area contributed by atoms with Crippen molar-refractivity contribution in [1.29, 1.82) is 0 Å². The zero-order chi connectivity index (χ0) is 19.5. The second kappa shape index (κ2) is 7.56. The molecule has 7 nitrogen and oxygen atoms in total. The van der Waals surface area contributed by atoms with E-state index in [0.29, 0.717) is 48.8 Å². The summed E-state index contributed by atoms with van der Waals surface area (Å²) in [5.74, 6) is 0.517.